The zero-order valence-electron chi connectivity index (χ0n) is 7.18. The standard InChI is InChI=1S/C8H5F4NO2/c9-5-2-13-3-6(10)4(5)1-8(11,12)7(14)15/h2-3H,1H2,(H,14,15). The zero-order valence-corrected chi connectivity index (χ0v) is 7.18. The van der Waals surface area contributed by atoms with Crippen LogP contribution in [0.4, 0.5) is 17.6 Å². The van der Waals surface area contributed by atoms with Gasteiger partial charge in [0.2, 0.25) is 0 Å². The number of hydrogen-bond acceptors (Lipinski definition) is 2. The van der Waals surface area contributed by atoms with Crippen molar-refractivity contribution >= 4 is 5.97 Å². The SMILES string of the molecule is O=C(O)C(F)(F)Cc1c(F)cncc1F. The minimum atomic E-state index is -4.21. The van der Waals surface area contributed by atoms with Gasteiger partial charge in [0.15, 0.2) is 0 Å². The lowest BCUT2D eigenvalue weighted by atomic mass is 10.1. The zero-order chi connectivity index (χ0) is 11.6. The summed E-state index contributed by atoms with van der Waals surface area (Å²) >= 11 is 0. The molecule has 1 heterocycles. The molecule has 0 aliphatic heterocycles. The molecule has 1 aromatic rings. The highest BCUT2D eigenvalue weighted by Crippen LogP contribution is 2.23. The smallest absolute Gasteiger partial charge is 0.374 e. The average molecular weight is 223 g/mol. The molecule has 0 aromatic carbocycles. The van der Waals surface area contributed by atoms with Crippen molar-refractivity contribution in [3.8, 4) is 0 Å². The molecule has 82 valence electrons. The first-order chi connectivity index (χ1) is 6.84. The van der Waals surface area contributed by atoms with Gasteiger partial charge in [0.1, 0.15) is 11.6 Å². The summed E-state index contributed by atoms with van der Waals surface area (Å²) in [6, 6.07) is 0. The second kappa shape index (κ2) is 3.84. The highest BCUT2D eigenvalue weighted by atomic mass is 19.3. The van der Waals surface area contributed by atoms with Crippen molar-refractivity contribution in [2.24, 2.45) is 0 Å². The topological polar surface area (TPSA) is 50.2 Å². The molecule has 0 fully saturated rings. The summed E-state index contributed by atoms with van der Waals surface area (Å²) in [5.74, 6) is -9.23. The number of carboxylic acid groups (broad SMARTS) is 1. The van der Waals surface area contributed by atoms with Crippen LogP contribution in [-0.2, 0) is 11.2 Å². The molecule has 0 spiro atoms. The molecule has 0 amide bonds. The number of nitrogens with zero attached hydrogens (tertiary/aromatic N) is 1. The van der Waals surface area contributed by atoms with Crippen LogP contribution in [0.2, 0.25) is 0 Å². The van der Waals surface area contributed by atoms with E-state index in [4.69, 9.17) is 5.11 Å². The fraction of sp³-hybridized carbons (Fsp3) is 0.250. The number of pyridine rings is 1. The van der Waals surface area contributed by atoms with Crippen molar-refractivity contribution in [3.05, 3.63) is 29.6 Å². The number of halogens is 4. The summed E-state index contributed by atoms with van der Waals surface area (Å²) in [6.07, 6.45) is -0.463. The molecule has 1 aromatic heterocycles. The second-order valence-electron chi connectivity index (χ2n) is 2.77. The first-order valence-corrected chi connectivity index (χ1v) is 3.73. The molecule has 1 N–H and O–H groups in total. The summed E-state index contributed by atoms with van der Waals surface area (Å²) in [4.78, 5) is 13.1. The van der Waals surface area contributed by atoms with Crippen molar-refractivity contribution in [2.75, 3.05) is 0 Å². The maximum atomic E-state index is 12.8. The van der Waals surface area contributed by atoms with Gasteiger partial charge in [-0.3, -0.25) is 4.98 Å². The monoisotopic (exact) mass is 223 g/mol. The number of rotatable bonds is 3. The Bertz CT molecular complexity index is 374. The molecule has 0 bridgehead atoms. The van der Waals surface area contributed by atoms with E-state index in [2.05, 4.69) is 4.98 Å². The molecule has 0 atom stereocenters. The molecule has 3 nitrogen and oxygen atoms in total. The number of aliphatic carboxylic acids is 1. The Morgan fingerprint density at radius 2 is 1.80 bits per heavy atom. The van der Waals surface area contributed by atoms with E-state index in [9.17, 15) is 22.4 Å². The molecule has 0 radical (unpaired) electrons. The maximum Gasteiger partial charge on any atom is 0.374 e. The van der Waals surface area contributed by atoms with Gasteiger partial charge in [-0.15, -0.1) is 0 Å². The molecule has 15 heavy (non-hydrogen) atoms. The number of aromatic nitrogens is 1. The predicted molar refractivity (Wildman–Crippen MR) is 40.4 cm³/mol. The van der Waals surface area contributed by atoms with Gasteiger partial charge >= 0.3 is 11.9 Å². The molecule has 0 saturated carbocycles. The van der Waals surface area contributed by atoms with E-state index in [0.717, 1.165) is 0 Å². The second-order valence-corrected chi connectivity index (χ2v) is 2.77. The van der Waals surface area contributed by atoms with Gasteiger partial charge in [0, 0.05) is 5.56 Å². The highest BCUT2D eigenvalue weighted by Gasteiger charge is 2.40. The molecule has 0 aliphatic carbocycles. The summed E-state index contributed by atoms with van der Waals surface area (Å²) in [5, 5.41) is 8.07. The van der Waals surface area contributed by atoms with Gasteiger partial charge in [-0.1, -0.05) is 0 Å². The average Bonchev–Trinajstić information content (AvgIpc) is 2.11. The third-order valence-electron chi connectivity index (χ3n) is 1.66. The summed E-state index contributed by atoms with van der Waals surface area (Å²) in [6.45, 7) is 0. The van der Waals surface area contributed by atoms with Crippen LogP contribution in [0.25, 0.3) is 0 Å². The van der Waals surface area contributed by atoms with Crippen molar-refractivity contribution in [1.82, 2.24) is 4.98 Å². The highest BCUT2D eigenvalue weighted by molar-refractivity contribution is 5.75. The van der Waals surface area contributed by atoms with E-state index in [1.807, 2.05) is 0 Å². The lowest BCUT2D eigenvalue weighted by Gasteiger charge is -2.11. The van der Waals surface area contributed by atoms with Crippen LogP contribution in [0.15, 0.2) is 12.4 Å². The van der Waals surface area contributed by atoms with Crippen LogP contribution in [0.3, 0.4) is 0 Å². The van der Waals surface area contributed by atoms with Gasteiger partial charge < -0.3 is 5.11 Å². The van der Waals surface area contributed by atoms with Gasteiger partial charge in [0.05, 0.1) is 18.8 Å². The van der Waals surface area contributed by atoms with Crippen LogP contribution in [0.5, 0.6) is 0 Å². The summed E-state index contributed by atoms with van der Waals surface area (Å²) in [5.41, 5.74) is -0.989. The van der Waals surface area contributed by atoms with Crippen LogP contribution in [-0.4, -0.2) is 22.0 Å². The number of alkyl halides is 2. The van der Waals surface area contributed by atoms with Crippen molar-refractivity contribution in [1.29, 1.82) is 0 Å². The predicted octanol–water partition coefficient (Wildman–Crippen LogP) is 1.62. The minimum Gasteiger partial charge on any atom is -0.477 e. The third-order valence-corrected chi connectivity index (χ3v) is 1.66. The number of carbonyl (C=O) groups is 1. The van der Waals surface area contributed by atoms with E-state index in [1.165, 1.54) is 0 Å². The van der Waals surface area contributed by atoms with Crippen LogP contribution < -0.4 is 0 Å². The van der Waals surface area contributed by atoms with Gasteiger partial charge in [-0.2, -0.15) is 8.78 Å². The molecule has 0 saturated heterocycles. The van der Waals surface area contributed by atoms with E-state index < -0.39 is 35.5 Å². The fourth-order valence-electron chi connectivity index (χ4n) is 0.905. The Labute approximate surface area is 81.4 Å². The van der Waals surface area contributed by atoms with E-state index in [1.54, 1.807) is 0 Å². The van der Waals surface area contributed by atoms with Crippen LogP contribution in [0.1, 0.15) is 5.56 Å². The lowest BCUT2D eigenvalue weighted by molar-refractivity contribution is -0.164. The number of carboxylic acids is 1. The van der Waals surface area contributed by atoms with Crippen molar-refractivity contribution < 1.29 is 27.5 Å². The van der Waals surface area contributed by atoms with Crippen LogP contribution in [0, 0.1) is 11.6 Å². The van der Waals surface area contributed by atoms with Gasteiger partial charge in [-0.05, 0) is 0 Å². The summed E-state index contributed by atoms with van der Waals surface area (Å²) in [7, 11) is 0. The first kappa shape index (κ1) is 11.4. The third kappa shape index (κ3) is 2.42. The van der Waals surface area contributed by atoms with Crippen LogP contribution >= 0.6 is 0 Å². The number of hydrogen-bond donors (Lipinski definition) is 1. The van der Waals surface area contributed by atoms with Gasteiger partial charge in [-0.25, -0.2) is 13.6 Å². The molecule has 0 unspecified atom stereocenters. The summed E-state index contributed by atoms with van der Waals surface area (Å²) < 4.78 is 50.9. The van der Waals surface area contributed by atoms with E-state index in [-0.39, 0.29) is 0 Å². The Morgan fingerprint density at radius 3 is 2.20 bits per heavy atom. The Balaban J connectivity index is 3.04. The largest absolute Gasteiger partial charge is 0.477 e. The lowest BCUT2D eigenvalue weighted by Crippen LogP contribution is -2.31. The molecular formula is C8H5F4NO2. The minimum absolute atomic E-state index is 0.538. The van der Waals surface area contributed by atoms with E-state index in [0.29, 0.717) is 12.4 Å². The molecular weight excluding hydrogens is 218 g/mol. The van der Waals surface area contributed by atoms with Crippen molar-refractivity contribution in [2.45, 2.75) is 12.3 Å². The first-order valence-electron chi connectivity index (χ1n) is 3.73. The quantitative estimate of drug-likeness (QED) is 0.792. The normalized spacial score (nSPS) is 11.5. The fourth-order valence-corrected chi connectivity index (χ4v) is 0.905. The van der Waals surface area contributed by atoms with E-state index >= 15 is 0 Å². The maximum absolute atomic E-state index is 12.8. The van der Waals surface area contributed by atoms with Crippen molar-refractivity contribution in [3.63, 3.8) is 0 Å². The Hall–Kier alpha value is -1.66. The Kier molecular flexibility index (Phi) is 2.92. The molecule has 7 heteroatoms. The Morgan fingerprint density at radius 1 is 1.33 bits per heavy atom. The van der Waals surface area contributed by atoms with Gasteiger partial charge in [0.25, 0.3) is 0 Å². The molecule has 0 aliphatic rings. The molecule has 1 rings (SSSR count).